The molecule has 0 unspecified atom stereocenters. The van der Waals surface area contributed by atoms with Gasteiger partial charge >= 0.3 is 12.3 Å². The minimum Gasteiger partial charge on any atom is -0.480 e. The lowest BCUT2D eigenvalue weighted by Crippen LogP contribution is -2.36. The van der Waals surface area contributed by atoms with E-state index in [9.17, 15) is 27.9 Å². The maximum absolute atomic E-state index is 13.2. The van der Waals surface area contributed by atoms with Gasteiger partial charge in [0.1, 0.15) is 28.7 Å². The number of fused-ring (bicyclic) bond motifs is 3. The van der Waals surface area contributed by atoms with Crippen molar-refractivity contribution < 1.29 is 37.0 Å². The number of carboxylic acid groups (broad SMARTS) is 1. The second kappa shape index (κ2) is 10.9. The first-order valence-electron chi connectivity index (χ1n) is 13.3. The molecule has 1 fully saturated rings. The van der Waals surface area contributed by atoms with Gasteiger partial charge in [-0.2, -0.15) is 0 Å². The van der Waals surface area contributed by atoms with Gasteiger partial charge in [-0.05, 0) is 31.4 Å². The van der Waals surface area contributed by atoms with Gasteiger partial charge in [-0.25, -0.2) is 14.8 Å². The Labute approximate surface area is 242 Å². The number of nitrogens with zero attached hydrogens (tertiary/aromatic N) is 4. The summed E-state index contributed by atoms with van der Waals surface area (Å²) in [6.45, 7) is 1.88. The first-order valence-corrected chi connectivity index (χ1v) is 13.3. The number of furan rings is 1. The second-order valence-corrected chi connectivity index (χ2v) is 10.2. The molecule has 6 rings (SSSR count). The van der Waals surface area contributed by atoms with E-state index in [1.165, 1.54) is 6.20 Å². The maximum Gasteiger partial charge on any atom is 0.573 e. The molecule has 4 heterocycles. The van der Waals surface area contributed by atoms with E-state index in [4.69, 9.17) is 4.42 Å². The van der Waals surface area contributed by atoms with Crippen LogP contribution in [0.25, 0.3) is 33.3 Å². The van der Waals surface area contributed by atoms with E-state index in [0.717, 1.165) is 11.5 Å². The van der Waals surface area contributed by atoms with Crippen LogP contribution in [0.1, 0.15) is 18.7 Å². The molecule has 1 aliphatic rings. The topological polar surface area (TPSA) is 131 Å². The highest BCUT2D eigenvalue weighted by Crippen LogP contribution is 2.38. The average Bonchev–Trinajstić information content (AvgIpc) is 3.54. The number of aliphatic carboxylic acids is 1. The summed E-state index contributed by atoms with van der Waals surface area (Å²) in [5, 5.41) is 13.4. The molecule has 0 radical (unpaired) electrons. The van der Waals surface area contributed by atoms with Crippen LogP contribution in [0.3, 0.4) is 0 Å². The van der Waals surface area contributed by atoms with Gasteiger partial charge in [0, 0.05) is 30.0 Å². The highest BCUT2D eigenvalue weighted by molar-refractivity contribution is 6.06. The van der Waals surface area contributed by atoms with Gasteiger partial charge in [0.25, 0.3) is 0 Å². The molecule has 1 saturated heterocycles. The Balaban J connectivity index is 1.23. The number of hydrogen-bond donors (Lipinski definition) is 2. The highest BCUT2D eigenvalue weighted by atomic mass is 19.4. The predicted octanol–water partition coefficient (Wildman–Crippen LogP) is 5.95. The third-order valence-corrected chi connectivity index (χ3v) is 7.14. The van der Waals surface area contributed by atoms with Gasteiger partial charge < -0.3 is 24.5 Å². The molecule has 2 N–H and O–H groups in total. The number of alkyl halides is 3. The molecule has 1 aliphatic heterocycles. The molecule has 0 aliphatic carbocycles. The van der Waals surface area contributed by atoms with Gasteiger partial charge in [-0.3, -0.25) is 9.78 Å². The summed E-state index contributed by atoms with van der Waals surface area (Å²) >= 11 is 0. The Bertz CT molecular complexity index is 1840. The maximum atomic E-state index is 13.2. The van der Waals surface area contributed by atoms with Crippen molar-refractivity contribution in [3.8, 4) is 17.0 Å². The molecule has 13 heteroatoms. The third-order valence-electron chi connectivity index (χ3n) is 7.14. The molecular weight excluding hydrogens is 567 g/mol. The Morgan fingerprint density at radius 2 is 1.86 bits per heavy atom. The lowest BCUT2D eigenvalue weighted by atomic mass is 10.0. The highest BCUT2D eigenvalue weighted by Gasteiger charge is 2.40. The summed E-state index contributed by atoms with van der Waals surface area (Å²) < 4.78 is 49.7. The normalized spacial score (nSPS) is 17.0. The average molecular weight is 592 g/mol. The molecule has 3 aromatic heterocycles. The second-order valence-electron chi connectivity index (χ2n) is 10.2. The molecular formula is C30H24F3N5O5. The van der Waals surface area contributed by atoms with Crippen LogP contribution in [-0.2, 0) is 9.59 Å². The summed E-state index contributed by atoms with van der Waals surface area (Å²) in [6.07, 6.45) is -3.69. The van der Waals surface area contributed by atoms with Gasteiger partial charge in [-0.1, -0.05) is 42.5 Å². The number of amides is 1. The van der Waals surface area contributed by atoms with Crippen molar-refractivity contribution in [2.75, 3.05) is 16.8 Å². The lowest BCUT2D eigenvalue weighted by Gasteiger charge is -2.22. The van der Waals surface area contributed by atoms with Crippen molar-refractivity contribution in [1.29, 1.82) is 0 Å². The summed E-state index contributed by atoms with van der Waals surface area (Å²) in [4.78, 5) is 40.0. The van der Waals surface area contributed by atoms with E-state index in [2.05, 4.69) is 25.0 Å². The quantitative estimate of drug-likeness (QED) is 0.236. The van der Waals surface area contributed by atoms with Crippen molar-refractivity contribution in [3.63, 3.8) is 0 Å². The number of carboxylic acids is 1. The zero-order valence-corrected chi connectivity index (χ0v) is 22.6. The summed E-state index contributed by atoms with van der Waals surface area (Å²) in [5.41, 5.74) is 1.87. The fourth-order valence-corrected chi connectivity index (χ4v) is 5.42. The van der Waals surface area contributed by atoms with Crippen molar-refractivity contribution in [1.82, 2.24) is 15.0 Å². The first kappa shape index (κ1) is 27.9. The Morgan fingerprint density at radius 1 is 1.12 bits per heavy atom. The number of halogens is 3. The molecule has 0 saturated carbocycles. The van der Waals surface area contributed by atoms with E-state index >= 15 is 0 Å². The number of pyridine rings is 1. The summed E-state index contributed by atoms with van der Waals surface area (Å²) in [5.74, 6) is -1.82. The molecule has 2 atom stereocenters. The van der Waals surface area contributed by atoms with Crippen LogP contribution in [0.15, 0.2) is 71.3 Å². The number of para-hydroxylation sites is 1. The Morgan fingerprint density at radius 3 is 2.60 bits per heavy atom. The number of aromatic nitrogens is 3. The Hall–Kier alpha value is -5.20. The molecule has 43 heavy (non-hydrogen) atoms. The molecule has 10 nitrogen and oxygen atoms in total. The van der Waals surface area contributed by atoms with E-state index in [-0.39, 0.29) is 30.8 Å². The summed E-state index contributed by atoms with van der Waals surface area (Å²) in [6, 6.07) is 15.6. The third kappa shape index (κ3) is 5.78. The van der Waals surface area contributed by atoms with Gasteiger partial charge in [0.05, 0.1) is 11.9 Å². The van der Waals surface area contributed by atoms with Crippen LogP contribution < -0.4 is 15.0 Å². The lowest BCUT2D eigenvalue weighted by molar-refractivity contribution is -0.274. The standard InChI is InChI=1S/C30H24F3N5O5/c1-16-35-26-20-9-5-6-10-22(20)42-27(26)28(36-16)38-15-17(11-21(38)29(40)41)12-24(39)37-19-13-23(43-30(31,32)33)25(34-14-19)18-7-3-2-4-8-18/h2-10,13-14,17,21H,11-12,15H2,1H3,(H,37,39)(H,40,41)/t17-,21+/m1/s1. The first-order chi connectivity index (χ1) is 20.6. The zero-order valence-electron chi connectivity index (χ0n) is 22.6. The van der Waals surface area contributed by atoms with Crippen LogP contribution in [0.4, 0.5) is 24.7 Å². The number of ether oxygens (including phenoxy) is 1. The minimum absolute atomic E-state index is 0.00368. The number of rotatable bonds is 7. The van der Waals surface area contributed by atoms with Crippen LogP contribution >= 0.6 is 0 Å². The molecule has 220 valence electrons. The number of nitrogens with one attached hydrogen (secondary N) is 1. The Kier molecular flexibility index (Phi) is 7.08. The number of aryl methyl sites for hydroxylation is 1. The number of carbonyl (C=O) groups excluding carboxylic acids is 1. The van der Waals surface area contributed by atoms with Crippen molar-refractivity contribution >= 4 is 45.5 Å². The number of benzene rings is 2. The van der Waals surface area contributed by atoms with E-state index < -0.39 is 35.9 Å². The van der Waals surface area contributed by atoms with Gasteiger partial charge in [0.2, 0.25) is 5.91 Å². The molecule has 5 aromatic rings. The fraction of sp³-hybridized carbons (Fsp3) is 0.233. The summed E-state index contributed by atoms with van der Waals surface area (Å²) in [7, 11) is 0. The van der Waals surface area contributed by atoms with E-state index in [1.807, 2.05) is 18.2 Å². The fourth-order valence-electron chi connectivity index (χ4n) is 5.42. The number of hydrogen-bond acceptors (Lipinski definition) is 8. The molecule has 0 bridgehead atoms. The number of anilines is 2. The van der Waals surface area contributed by atoms with Crippen molar-refractivity contribution in [2.45, 2.75) is 32.2 Å². The van der Waals surface area contributed by atoms with Crippen LogP contribution in [0, 0.1) is 12.8 Å². The molecule has 0 spiro atoms. The van der Waals surface area contributed by atoms with Crippen molar-refractivity contribution in [2.24, 2.45) is 5.92 Å². The molecule has 1 amide bonds. The minimum atomic E-state index is -4.97. The monoisotopic (exact) mass is 591 g/mol. The predicted molar refractivity (Wildman–Crippen MR) is 151 cm³/mol. The largest absolute Gasteiger partial charge is 0.573 e. The zero-order chi connectivity index (χ0) is 30.3. The smallest absolute Gasteiger partial charge is 0.480 e. The van der Waals surface area contributed by atoms with E-state index in [1.54, 1.807) is 48.2 Å². The van der Waals surface area contributed by atoms with Crippen molar-refractivity contribution in [3.05, 3.63) is 72.7 Å². The SMILES string of the molecule is Cc1nc(N2C[C@@H](CC(=O)Nc3cnc(-c4ccccc4)c(OC(F)(F)F)c3)C[C@H]2C(=O)O)c2oc3ccccc3c2n1. The van der Waals surface area contributed by atoms with E-state index in [0.29, 0.717) is 33.9 Å². The number of carbonyl (C=O) groups is 2. The van der Waals surface area contributed by atoms with Crippen LogP contribution in [-0.4, -0.2) is 50.9 Å². The van der Waals surface area contributed by atoms with Crippen LogP contribution in [0.2, 0.25) is 0 Å². The van der Waals surface area contributed by atoms with Crippen LogP contribution in [0.5, 0.6) is 5.75 Å². The molecule has 2 aromatic carbocycles. The van der Waals surface area contributed by atoms with Gasteiger partial charge in [-0.15, -0.1) is 13.2 Å². The van der Waals surface area contributed by atoms with Gasteiger partial charge in [0.15, 0.2) is 17.2 Å².